The van der Waals surface area contributed by atoms with Crippen molar-refractivity contribution < 1.29 is 17.9 Å². The molecule has 1 aliphatic heterocycles. The molecule has 9 heteroatoms. The van der Waals surface area contributed by atoms with Crippen molar-refractivity contribution in [3.8, 4) is 11.5 Å². The summed E-state index contributed by atoms with van der Waals surface area (Å²) in [5.74, 6) is 1.97. The van der Waals surface area contributed by atoms with E-state index in [9.17, 15) is 8.42 Å². The monoisotopic (exact) mass is 366 g/mol. The van der Waals surface area contributed by atoms with Crippen LogP contribution in [0.3, 0.4) is 0 Å². The van der Waals surface area contributed by atoms with Crippen LogP contribution in [0.4, 0.5) is 5.82 Å². The predicted molar refractivity (Wildman–Crippen MR) is 95.6 cm³/mol. The fraction of sp³-hybridized carbons (Fsp3) is 0.500. The zero-order valence-corrected chi connectivity index (χ0v) is 15.1. The minimum absolute atomic E-state index is 0.484. The highest BCUT2D eigenvalue weighted by atomic mass is 32.2. The van der Waals surface area contributed by atoms with Crippen LogP contribution in [0.25, 0.3) is 10.9 Å². The molecular formula is C16H22N4O4S. The van der Waals surface area contributed by atoms with Crippen LogP contribution >= 0.6 is 0 Å². The first-order valence-corrected chi connectivity index (χ1v) is 9.68. The third kappa shape index (κ3) is 3.62. The number of sulfonamides is 1. The lowest BCUT2D eigenvalue weighted by Crippen LogP contribution is -2.30. The third-order valence-corrected chi connectivity index (χ3v) is 5.96. The zero-order valence-electron chi connectivity index (χ0n) is 14.3. The van der Waals surface area contributed by atoms with Gasteiger partial charge in [0.2, 0.25) is 10.0 Å². The number of fused-ring (bicyclic) bond motifs is 1. The summed E-state index contributed by atoms with van der Waals surface area (Å²) in [5.41, 5.74) is 0.745. The maximum absolute atomic E-state index is 11.7. The van der Waals surface area contributed by atoms with Crippen molar-refractivity contribution in [2.45, 2.75) is 24.5 Å². The van der Waals surface area contributed by atoms with Crippen molar-refractivity contribution in [2.75, 3.05) is 32.2 Å². The van der Waals surface area contributed by atoms with Crippen LogP contribution in [-0.2, 0) is 10.0 Å². The van der Waals surface area contributed by atoms with Crippen LogP contribution in [0.1, 0.15) is 19.3 Å². The molecule has 1 aromatic heterocycles. The molecule has 0 saturated carbocycles. The van der Waals surface area contributed by atoms with Gasteiger partial charge in [-0.2, -0.15) is 0 Å². The van der Waals surface area contributed by atoms with Crippen LogP contribution in [0.2, 0.25) is 0 Å². The minimum atomic E-state index is -3.51. The minimum Gasteiger partial charge on any atom is -0.493 e. The summed E-state index contributed by atoms with van der Waals surface area (Å²) in [4.78, 5) is 10.8. The van der Waals surface area contributed by atoms with E-state index in [0.717, 1.165) is 23.1 Å². The van der Waals surface area contributed by atoms with Gasteiger partial charge in [-0.15, -0.1) is 0 Å². The first-order valence-electron chi connectivity index (χ1n) is 8.07. The first kappa shape index (κ1) is 17.7. The van der Waals surface area contributed by atoms with Gasteiger partial charge in [0.1, 0.15) is 12.1 Å². The molecule has 0 radical (unpaired) electrons. The smallest absolute Gasteiger partial charge is 0.212 e. The van der Waals surface area contributed by atoms with Gasteiger partial charge < -0.3 is 14.4 Å². The van der Waals surface area contributed by atoms with Crippen molar-refractivity contribution >= 4 is 26.7 Å². The number of nitrogens with zero attached hydrogens (tertiary/aromatic N) is 3. The van der Waals surface area contributed by atoms with Gasteiger partial charge in [-0.25, -0.2) is 23.5 Å². The summed E-state index contributed by atoms with van der Waals surface area (Å²) in [6, 6.07) is 3.66. The van der Waals surface area contributed by atoms with Crippen LogP contribution < -0.4 is 19.5 Å². The summed E-state index contributed by atoms with van der Waals surface area (Å²) in [7, 11) is -0.356. The van der Waals surface area contributed by atoms with E-state index in [4.69, 9.17) is 14.6 Å². The van der Waals surface area contributed by atoms with E-state index in [2.05, 4.69) is 14.9 Å². The normalized spacial score (nSPS) is 18.8. The van der Waals surface area contributed by atoms with Gasteiger partial charge in [-0.1, -0.05) is 0 Å². The molecule has 2 N–H and O–H groups in total. The number of nitrogens with two attached hydrogens (primary N) is 1. The molecule has 0 bridgehead atoms. The summed E-state index contributed by atoms with van der Waals surface area (Å²) >= 11 is 0. The maximum atomic E-state index is 11.7. The Hall–Kier alpha value is -2.13. The number of ether oxygens (including phenoxy) is 2. The molecule has 1 fully saturated rings. The van der Waals surface area contributed by atoms with Crippen LogP contribution in [-0.4, -0.2) is 50.9 Å². The summed E-state index contributed by atoms with van der Waals surface area (Å²) in [6.07, 6.45) is 3.29. The fourth-order valence-corrected chi connectivity index (χ4v) is 4.16. The van der Waals surface area contributed by atoms with Crippen molar-refractivity contribution in [2.24, 2.45) is 5.14 Å². The standard InChI is InChI=1S/C16H22N4O4S/c1-23-14-8-12-13(9-15(14)24-2)18-10-19-16(12)20-6-3-4-11(5-7-20)25(17,21)22/h8-11H,3-7H2,1-2H3,(H2,17,21,22)/t11-/m1/s1. The molecule has 1 saturated heterocycles. The molecule has 1 atom stereocenters. The van der Waals surface area contributed by atoms with Crippen molar-refractivity contribution in [3.05, 3.63) is 18.5 Å². The Balaban J connectivity index is 1.98. The van der Waals surface area contributed by atoms with Gasteiger partial charge in [0, 0.05) is 24.5 Å². The molecule has 0 aliphatic carbocycles. The maximum Gasteiger partial charge on any atom is 0.212 e. The summed E-state index contributed by atoms with van der Waals surface area (Å²) in [6.45, 7) is 1.29. The quantitative estimate of drug-likeness (QED) is 0.869. The molecule has 25 heavy (non-hydrogen) atoms. The highest BCUT2D eigenvalue weighted by Gasteiger charge is 2.26. The number of hydrogen-bond donors (Lipinski definition) is 1. The average Bonchev–Trinajstić information content (AvgIpc) is 2.85. The largest absolute Gasteiger partial charge is 0.493 e. The van der Waals surface area contributed by atoms with Gasteiger partial charge in [-0.05, 0) is 25.3 Å². The second-order valence-corrected chi connectivity index (χ2v) is 7.90. The Labute approximate surface area is 147 Å². The lowest BCUT2D eigenvalue weighted by atomic mass is 10.2. The second kappa shape index (κ2) is 7.01. The van der Waals surface area contributed by atoms with Crippen LogP contribution in [0.15, 0.2) is 18.5 Å². The van der Waals surface area contributed by atoms with E-state index < -0.39 is 15.3 Å². The first-order chi connectivity index (χ1) is 11.9. The molecule has 0 amide bonds. The van der Waals surface area contributed by atoms with Crippen LogP contribution in [0, 0.1) is 0 Å². The molecule has 8 nitrogen and oxygen atoms in total. The lowest BCUT2D eigenvalue weighted by Gasteiger charge is -2.23. The SMILES string of the molecule is COc1cc2ncnc(N3CCC[C@@H](S(N)(=O)=O)CC3)c2cc1OC. The number of anilines is 1. The average molecular weight is 366 g/mol. The molecular weight excluding hydrogens is 344 g/mol. The lowest BCUT2D eigenvalue weighted by molar-refractivity contribution is 0.356. The highest BCUT2D eigenvalue weighted by molar-refractivity contribution is 7.89. The van der Waals surface area contributed by atoms with Crippen molar-refractivity contribution in [1.82, 2.24) is 9.97 Å². The highest BCUT2D eigenvalue weighted by Crippen LogP contribution is 2.35. The molecule has 0 spiro atoms. The van der Waals surface area contributed by atoms with E-state index in [-0.39, 0.29) is 0 Å². The Morgan fingerprint density at radius 1 is 1.12 bits per heavy atom. The number of hydrogen-bond acceptors (Lipinski definition) is 7. The fourth-order valence-electron chi connectivity index (χ4n) is 3.23. The zero-order chi connectivity index (χ0) is 18.0. The third-order valence-electron chi connectivity index (χ3n) is 4.56. The Bertz CT molecular complexity index is 872. The molecule has 3 rings (SSSR count). The van der Waals surface area contributed by atoms with Gasteiger partial charge in [0.25, 0.3) is 0 Å². The van der Waals surface area contributed by atoms with E-state index in [1.165, 1.54) is 6.33 Å². The van der Waals surface area contributed by atoms with E-state index in [0.29, 0.717) is 37.4 Å². The Kier molecular flexibility index (Phi) is 4.96. The van der Waals surface area contributed by atoms with Gasteiger partial charge in [0.15, 0.2) is 11.5 Å². The topological polar surface area (TPSA) is 108 Å². The molecule has 1 aliphatic rings. The molecule has 1 aromatic carbocycles. The number of primary sulfonamides is 1. The van der Waals surface area contributed by atoms with Gasteiger partial charge in [-0.3, -0.25) is 0 Å². The summed E-state index contributed by atoms with van der Waals surface area (Å²) in [5, 5.41) is 5.66. The molecule has 2 heterocycles. The van der Waals surface area contributed by atoms with Crippen molar-refractivity contribution in [3.63, 3.8) is 0 Å². The number of benzene rings is 1. The van der Waals surface area contributed by atoms with Gasteiger partial charge in [0.05, 0.1) is 25.0 Å². The summed E-state index contributed by atoms with van der Waals surface area (Å²) < 4.78 is 34.0. The number of methoxy groups -OCH3 is 2. The van der Waals surface area contributed by atoms with E-state index in [1.54, 1.807) is 14.2 Å². The predicted octanol–water partition coefficient (Wildman–Crippen LogP) is 1.29. The van der Waals surface area contributed by atoms with Crippen molar-refractivity contribution in [1.29, 1.82) is 0 Å². The van der Waals surface area contributed by atoms with Crippen LogP contribution in [0.5, 0.6) is 11.5 Å². The number of rotatable bonds is 4. The van der Waals surface area contributed by atoms with E-state index >= 15 is 0 Å². The molecule has 0 unspecified atom stereocenters. The van der Waals surface area contributed by atoms with Gasteiger partial charge >= 0.3 is 0 Å². The van der Waals surface area contributed by atoms with E-state index in [1.807, 2.05) is 12.1 Å². The molecule has 2 aromatic rings. The number of aromatic nitrogens is 2. The molecule has 136 valence electrons. The Morgan fingerprint density at radius 3 is 2.52 bits per heavy atom. The second-order valence-electron chi connectivity index (χ2n) is 6.05. The Morgan fingerprint density at radius 2 is 1.84 bits per heavy atom.